The predicted molar refractivity (Wildman–Crippen MR) is 245 cm³/mol. The lowest BCUT2D eigenvalue weighted by Gasteiger charge is -2.41. The van der Waals surface area contributed by atoms with Gasteiger partial charge in [0.25, 0.3) is 11.5 Å². The van der Waals surface area contributed by atoms with Crippen LogP contribution in [-0.4, -0.2) is 114 Å². The molecule has 1 aliphatic carbocycles. The molecule has 2 amide bonds. The molecule has 8 rings (SSSR count). The van der Waals surface area contributed by atoms with Crippen molar-refractivity contribution in [3.63, 3.8) is 0 Å². The molecule has 2 aliphatic heterocycles. The van der Waals surface area contributed by atoms with Gasteiger partial charge in [0.05, 0.1) is 57.1 Å². The van der Waals surface area contributed by atoms with Crippen molar-refractivity contribution in [3.05, 3.63) is 65.2 Å². The van der Waals surface area contributed by atoms with E-state index in [9.17, 15) is 29.1 Å². The maximum absolute atomic E-state index is 17.0. The third-order valence-electron chi connectivity index (χ3n) is 12.5. The number of nitriles is 1. The summed E-state index contributed by atoms with van der Waals surface area (Å²) in [5.74, 6) is -2.45. The molecule has 2 bridgehead atoms. The zero-order valence-electron chi connectivity index (χ0n) is 38.5. The Bertz CT molecular complexity index is 2930. The molecular formula is C41H52FN11O13P2Si. The number of carbonyl (C=O) groups is 2. The molecule has 69 heavy (non-hydrogen) atoms. The molecule has 0 spiro atoms. The molecule has 24 nitrogen and oxygen atoms in total. The second-order valence-electron chi connectivity index (χ2n) is 18.6. The monoisotopic (exact) mass is 1020 g/mol. The van der Waals surface area contributed by atoms with E-state index >= 15 is 8.96 Å². The van der Waals surface area contributed by atoms with E-state index in [2.05, 4.69) is 40.5 Å². The van der Waals surface area contributed by atoms with Gasteiger partial charge in [-0.05, 0) is 36.7 Å². The van der Waals surface area contributed by atoms with Gasteiger partial charge in [-0.15, -0.1) is 0 Å². The number of ether oxygens (including phenoxy) is 1. The SMILES string of the molecule is CC(C)C(=O)Nc1nc2c(ncn2[C@@H]2C[C@@H]3COP(=O)(O)O[C@H]4[C@@H](F)[C@H](n5cnc6c(NC(=O)c7ccccc7)ncnc65)O[C@@H]4COP(=O)(OCCC#N)O[C@@H]2[C@@H]3O[Si](C)(C)C(C)(C)C)c(=O)[nH]1. The van der Waals surface area contributed by atoms with Crippen LogP contribution in [-0.2, 0) is 45.7 Å². The summed E-state index contributed by atoms with van der Waals surface area (Å²) in [7, 11) is -13.0. The van der Waals surface area contributed by atoms with Crippen molar-refractivity contribution in [1.29, 1.82) is 5.26 Å². The fraction of sp³-hybridized carbons (Fsp3) is 0.537. The number of H-pyrrole nitrogens is 1. The number of nitrogens with one attached hydrogen (secondary N) is 3. The maximum atomic E-state index is 17.0. The number of alkyl halides is 1. The first-order valence-electron chi connectivity index (χ1n) is 22.0. The lowest BCUT2D eigenvalue weighted by atomic mass is 10.1. The molecule has 4 aromatic heterocycles. The lowest BCUT2D eigenvalue weighted by Crippen LogP contribution is -2.49. The molecular weight excluding hydrogens is 964 g/mol. The summed E-state index contributed by atoms with van der Waals surface area (Å²) in [6.07, 6.45) is -6.59. The highest BCUT2D eigenvalue weighted by molar-refractivity contribution is 7.48. The number of imidazole rings is 2. The highest BCUT2D eigenvalue weighted by atomic mass is 31.2. The standard InChI is InChI=1S/C41H52FN11O13P2Si/c1-22(2)36(54)50-40-49-35-29(38(56)51-40)47-20-52(35)25-16-24-17-61-67(57,58)64-32-26(18-62-68(59,60-15-11-14-43)65-31(25)30(24)66-69(6,7)41(3,4)5)63-39(27(32)42)53-21-46-28-33(44-19-45-34(28)53)48-37(55)23-12-9-8-10-13-23/h8-10,12-13,19-22,24-27,30-32,39H,11,15-18H2,1-7H3,(H,57,58)(H,44,45,48,55)(H2,49,50,51,54,56)/t24-,25-,26-,27-,30-,31+,32-,39-,68?/m1/s1. The van der Waals surface area contributed by atoms with Crippen LogP contribution >= 0.6 is 15.6 Å². The normalized spacial score (nSPS) is 28.9. The highest BCUT2D eigenvalue weighted by Gasteiger charge is 2.56. The van der Waals surface area contributed by atoms with E-state index in [-0.39, 0.29) is 46.9 Å². The van der Waals surface area contributed by atoms with Crippen LogP contribution in [0.25, 0.3) is 22.3 Å². The van der Waals surface area contributed by atoms with Crippen molar-refractivity contribution in [2.24, 2.45) is 11.8 Å². The van der Waals surface area contributed by atoms with E-state index in [0.717, 1.165) is 6.33 Å². The van der Waals surface area contributed by atoms with Gasteiger partial charge >= 0.3 is 15.6 Å². The molecule has 2 saturated heterocycles. The first-order chi connectivity index (χ1) is 32.6. The first-order valence-corrected chi connectivity index (χ1v) is 27.8. The highest BCUT2D eigenvalue weighted by Crippen LogP contribution is 2.59. The number of carbonyl (C=O) groups excluding carboxylic acids is 2. The van der Waals surface area contributed by atoms with E-state index in [1.807, 2.05) is 39.9 Å². The van der Waals surface area contributed by atoms with E-state index in [4.69, 9.17) is 31.8 Å². The van der Waals surface area contributed by atoms with Crippen LogP contribution in [0.1, 0.15) is 70.1 Å². The van der Waals surface area contributed by atoms with Crippen molar-refractivity contribution in [3.8, 4) is 6.07 Å². The van der Waals surface area contributed by atoms with Crippen molar-refractivity contribution >= 4 is 69.9 Å². The van der Waals surface area contributed by atoms with E-state index in [1.165, 1.54) is 21.8 Å². The Balaban J connectivity index is 1.17. The minimum absolute atomic E-state index is 0.00123. The predicted octanol–water partition coefficient (Wildman–Crippen LogP) is 5.95. The Labute approximate surface area is 395 Å². The van der Waals surface area contributed by atoms with Crippen LogP contribution in [0, 0.1) is 23.2 Å². The van der Waals surface area contributed by atoms with Gasteiger partial charge in [0, 0.05) is 17.4 Å². The Morgan fingerprint density at radius 1 is 1.01 bits per heavy atom. The number of rotatable bonds is 11. The van der Waals surface area contributed by atoms with Crippen LogP contribution in [0.3, 0.4) is 0 Å². The maximum Gasteiger partial charge on any atom is 0.475 e. The number of hydrogen-bond donors (Lipinski definition) is 4. The van der Waals surface area contributed by atoms with E-state index < -0.39 is 121 Å². The third-order valence-corrected chi connectivity index (χ3v) is 19.4. The molecule has 3 aliphatic rings. The summed E-state index contributed by atoms with van der Waals surface area (Å²) >= 11 is 0. The minimum atomic E-state index is -5.23. The first kappa shape index (κ1) is 50.2. The van der Waals surface area contributed by atoms with Crippen molar-refractivity contribution in [2.45, 2.75) is 108 Å². The number of hydrogen-bond acceptors (Lipinski definition) is 18. The molecule has 0 radical (unpaired) electrons. The fourth-order valence-corrected chi connectivity index (χ4v) is 11.6. The number of anilines is 2. The van der Waals surface area contributed by atoms with Crippen LogP contribution in [0.4, 0.5) is 16.2 Å². The van der Waals surface area contributed by atoms with Gasteiger partial charge in [0.15, 0.2) is 48.9 Å². The molecule has 1 aromatic carbocycles. The van der Waals surface area contributed by atoms with Crippen LogP contribution in [0.2, 0.25) is 18.1 Å². The fourth-order valence-electron chi connectivity index (χ4n) is 7.87. The number of fused-ring (bicyclic) bond motifs is 5. The van der Waals surface area contributed by atoms with E-state index in [0.29, 0.717) is 5.56 Å². The molecule has 3 fully saturated rings. The number of halogens is 1. The summed E-state index contributed by atoms with van der Waals surface area (Å²) in [6, 6.07) is 9.23. The van der Waals surface area contributed by atoms with E-state index in [1.54, 1.807) is 44.2 Å². The van der Waals surface area contributed by atoms with Gasteiger partial charge < -0.3 is 23.9 Å². The van der Waals surface area contributed by atoms with Gasteiger partial charge in [0.2, 0.25) is 11.9 Å². The summed E-state index contributed by atoms with van der Waals surface area (Å²) in [6.45, 7) is 11.3. The number of nitrogens with zero attached hydrogens (tertiary/aromatic N) is 8. The molecule has 5 aromatic rings. The molecule has 10 atom stereocenters. The smallest absolute Gasteiger partial charge is 0.411 e. The quantitative estimate of drug-likeness (QED) is 0.0675. The Morgan fingerprint density at radius 2 is 1.74 bits per heavy atom. The molecule has 1 saturated carbocycles. The summed E-state index contributed by atoms with van der Waals surface area (Å²) in [4.78, 5) is 74.4. The molecule has 4 N–H and O–H groups in total. The van der Waals surface area contributed by atoms with Gasteiger partial charge in [-0.25, -0.2) is 33.5 Å². The average molecular weight is 1020 g/mol. The van der Waals surface area contributed by atoms with Crippen molar-refractivity contribution in [2.75, 3.05) is 30.5 Å². The Morgan fingerprint density at radius 3 is 2.45 bits per heavy atom. The Kier molecular flexibility index (Phi) is 14.2. The van der Waals surface area contributed by atoms with Gasteiger partial charge in [0.1, 0.15) is 24.6 Å². The largest absolute Gasteiger partial charge is 0.475 e. The van der Waals surface area contributed by atoms with Gasteiger partial charge in [-0.1, -0.05) is 52.8 Å². The third kappa shape index (κ3) is 10.5. The zero-order valence-corrected chi connectivity index (χ0v) is 41.3. The molecule has 28 heteroatoms. The minimum Gasteiger partial charge on any atom is -0.411 e. The summed E-state index contributed by atoms with van der Waals surface area (Å²) < 4.78 is 91.4. The summed E-state index contributed by atoms with van der Waals surface area (Å²) in [5.41, 5.74) is -0.419. The van der Waals surface area contributed by atoms with Crippen LogP contribution in [0.5, 0.6) is 0 Å². The van der Waals surface area contributed by atoms with Crippen molar-refractivity contribution < 1.29 is 59.8 Å². The number of aromatic nitrogens is 8. The van der Waals surface area contributed by atoms with Gasteiger partial charge in [-0.3, -0.25) is 51.9 Å². The molecule has 2 unspecified atom stereocenters. The van der Waals surface area contributed by atoms with Crippen LogP contribution < -0.4 is 16.2 Å². The second-order valence-corrected chi connectivity index (χ2v) is 26.3. The molecule has 370 valence electrons. The number of amides is 2. The summed E-state index contributed by atoms with van der Waals surface area (Å²) in [5, 5.41) is 14.3. The second kappa shape index (κ2) is 19.6. The van der Waals surface area contributed by atoms with Crippen molar-refractivity contribution in [1.82, 2.24) is 39.0 Å². The van der Waals surface area contributed by atoms with Gasteiger partial charge in [-0.2, -0.15) is 10.2 Å². The van der Waals surface area contributed by atoms with Crippen LogP contribution in [0.15, 0.2) is 54.1 Å². The topological polar surface area (TPSA) is 308 Å². The number of aromatic amines is 1. The lowest BCUT2D eigenvalue weighted by molar-refractivity contribution is -0.118. The zero-order chi connectivity index (χ0) is 49.6. The number of phosphoric ester groups is 2. The number of benzene rings is 1. The average Bonchev–Trinajstić information content (AvgIpc) is 4.06. The number of phosphoric acid groups is 2. The molecule has 6 heterocycles. The Hall–Kier alpha value is -5.16.